The summed E-state index contributed by atoms with van der Waals surface area (Å²) in [4.78, 5) is 25.5. The minimum absolute atomic E-state index is 0.0733. The van der Waals surface area contributed by atoms with Crippen LogP contribution in [0.25, 0.3) is 22.0 Å². The lowest BCUT2D eigenvalue weighted by Gasteiger charge is -2.19. The largest absolute Gasteiger partial charge is 0.331 e. The number of carbonyl (C=O) groups is 1. The van der Waals surface area contributed by atoms with E-state index in [2.05, 4.69) is 15.1 Å². The molecule has 8 nitrogen and oxygen atoms in total. The fourth-order valence-corrected chi connectivity index (χ4v) is 6.12. The van der Waals surface area contributed by atoms with Crippen LogP contribution in [-0.4, -0.2) is 55.5 Å². The highest BCUT2D eigenvalue weighted by atomic mass is 35.5. The second kappa shape index (κ2) is 10.5. The molecule has 0 fully saturated rings. The molecule has 5 aromatic rings. The Balaban J connectivity index is 1.38. The Kier molecular flexibility index (Phi) is 7.07. The highest BCUT2D eigenvalue weighted by Crippen LogP contribution is 2.39. The van der Waals surface area contributed by atoms with Gasteiger partial charge in [0.2, 0.25) is 5.13 Å². The number of fused-ring (bicyclic) bond motifs is 2. The number of anilines is 1. The van der Waals surface area contributed by atoms with Crippen LogP contribution < -0.4 is 5.01 Å². The number of hydrogen-bond donors (Lipinski definition) is 0. The van der Waals surface area contributed by atoms with Gasteiger partial charge in [0.05, 0.1) is 41.2 Å². The SMILES string of the molecule is CN(C)Cc1ccc(-c2cc(Cl)c3cn(N(C(=O)Cc4ncn5c4C[C@@H](F)C5)c4nccs4)nc3c2Cl)cc1F. The number of aromatic nitrogens is 5. The number of carbonyl (C=O) groups excluding carboxylic acids is 1. The van der Waals surface area contributed by atoms with Crippen molar-refractivity contribution in [3.63, 3.8) is 0 Å². The lowest BCUT2D eigenvalue weighted by Crippen LogP contribution is -2.37. The van der Waals surface area contributed by atoms with Gasteiger partial charge in [-0.3, -0.25) is 4.79 Å². The number of halogens is 4. The molecule has 0 N–H and O–H groups in total. The summed E-state index contributed by atoms with van der Waals surface area (Å²) in [6.45, 7) is 0.694. The van der Waals surface area contributed by atoms with Crippen LogP contribution in [0.5, 0.6) is 0 Å². The number of benzene rings is 2. The Morgan fingerprint density at radius 3 is 2.77 bits per heavy atom. The summed E-state index contributed by atoms with van der Waals surface area (Å²) < 4.78 is 30.5. The Morgan fingerprint density at radius 1 is 1.23 bits per heavy atom. The summed E-state index contributed by atoms with van der Waals surface area (Å²) in [5.74, 6) is -0.716. The maximum Gasteiger partial charge on any atom is 0.255 e. The number of rotatable bonds is 7. The maximum atomic E-state index is 14.9. The summed E-state index contributed by atoms with van der Waals surface area (Å²) in [6.07, 6.45) is 3.90. The van der Waals surface area contributed by atoms with Crippen molar-refractivity contribution in [2.75, 3.05) is 19.1 Å². The van der Waals surface area contributed by atoms with Gasteiger partial charge in [-0.15, -0.1) is 16.4 Å². The van der Waals surface area contributed by atoms with Crippen molar-refractivity contribution in [2.24, 2.45) is 0 Å². The first-order valence-corrected chi connectivity index (χ1v) is 14.0. The number of amides is 1. The summed E-state index contributed by atoms with van der Waals surface area (Å²) in [5.41, 5.74) is 3.20. The zero-order valence-electron chi connectivity index (χ0n) is 21.5. The molecular formula is C27H23Cl2F2N7OS. The molecule has 4 heterocycles. The molecule has 1 aliphatic rings. The van der Waals surface area contributed by atoms with E-state index in [1.807, 2.05) is 19.0 Å². The smallest absolute Gasteiger partial charge is 0.255 e. The van der Waals surface area contributed by atoms with Gasteiger partial charge in [-0.05, 0) is 31.8 Å². The highest BCUT2D eigenvalue weighted by Gasteiger charge is 2.29. The molecule has 40 heavy (non-hydrogen) atoms. The molecular weight excluding hydrogens is 579 g/mol. The number of thiazole rings is 1. The fraction of sp³-hybridized carbons (Fsp3) is 0.259. The van der Waals surface area contributed by atoms with Gasteiger partial charge < -0.3 is 9.47 Å². The van der Waals surface area contributed by atoms with Gasteiger partial charge in [0.25, 0.3) is 5.91 Å². The first-order valence-electron chi connectivity index (χ1n) is 12.4. The average Bonchev–Trinajstić information content (AvgIpc) is 3.70. The van der Waals surface area contributed by atoms with E-state index < -0.39 is 6.17 Å². The molecule has 206 valence electrons. The average molecular weight is 602 g/mol. The molecule has 13 heteroatoms. The van der Waals surface area contributed by atoms with Crippen LogP contribution in [0.15, 0.2) is 48.4 Å². The molecule has 0 saturated heterocycles. The van der Waals surface area contributed by atoms with Crippen molar-refractivity contribution in [3.8, 4) is 11.1 Å². The van der Waals surface area contributed by atoms with Crippen molar-refractivity contribution >= 4 is 56.5 Å². The van der Waals surface area contributed by atoms with Crippen LogP contribution in [0.3, 0.4) is 0 Å². The normalized spacial score (nSPS) is 14.8. The van der Waals surface area contributed by atoms with E-state index in [4.69, 9.17) is 23.2 Å². The van der Waals surface area contributed by atoms with Crippen LogP contribution >= 0.6 is 34.5 Å². The molecule has 2 aromatic carbocycles. The van der Waals surface area contributed by atoms with E-state index >= 15 is 0 Å². The fourth-order valence-electron chi connectivity index (χ4n) is 4.91. The molecule has 3 aromatic heterocycles. The second-order valence-electron chi connectivity index (χ2n) is 9.86. The molecule has 1 aliphatic heterocycles. The van der Waals surface area contributed by atoms with Crippen molar-refractivity contribution in [1.82, 2.24) is 29.3 Å². The maximum absolute atomic E-state index is 14.9. The van der Waals surface area contributed by atoms with Crippen molar-refractivity contribution in [2.45, 2.75) is 32.1 Å². The number of imidazole rings is 1. The first kappa shape index (κ1) is 26.8. The van der Waals surface area contributed by atoms with Crippen LogP contribution in [0.2, 0.25) is 10.0 Å². The van der Waals surface area contributed by atoms with E-state index in [-0.39, 0.29) is 36.1 Å². The van der Waals surface area contributed by atoms with Gasteiger partial charge in [-0.2, -0.15) is 9.80 Å². The minimum atomic E-state index is -0.991. The molecule has 1 atom stereocenters. The van der Waals surface area contributed by atoms with Crippen LogP contribution in [-0.2, 0) is 30.7 Å². The third kappa shape index (κ3) is 4.87. The van der Waals surface area contributed by atoms with Crippen LogP contribution in [0.1, 0.15) is 17.0 Å². The van der Waals surface area contributed by atoms with E-state index in [1.165, 1.54) is 27.2 Å². The van der Waals surface area contributed by atoms with Crippen molar-refractivity contribution in [1.29, 1.82) is 0 Å². The summed E-state index contributed by atoms with van der Waals surface area (Å²) in [6, 6.07) is 6.60. The predicted octanol–water partition coefficient (Wildman–Crippen LogP) is 5.80. The van der Waals surface area contributed by atoms with Gasteiger partial charge in [0, 0.05) is 46.7 Å². The van der Waals surface area contributed by atoms with Gasteiger partial charge in [0.1, 0.15) is 17.5 Å². The molecule has 6 rings (SSSR count). The van der Waals surface area contributed by atoms with Crippen molar-refractivity contribution < 1.29 is 13.6 Å². The van der Waals surface area contributed by atoms with Gasteiger partial charge in [-0.25, -0.2) is 18.7 Å². The van der Waals surface area contributed by atoms with Crippen LogP contribution in [0.4, 0.5) is 13.9 Å². The van der Waals surface area contributed by atoms with Gasteiger partial charge in [0.15, 0.2) is 0 Å². The molecule has 0 aliphatic carbocycles. The number of nitrogens with zero attached hydrogens (tertiary/aromatic N) is 7. The summed E-state index contributed by atoms with van der Waals surface area (Å²) >= 11 is 14.7. The molecule has 0 unspecified atom stereocenters. The lowest BCUT2D eigenvalue weighted by atomic mass is 10.0. The second-order valence-corrected chi connectivity index (χ2v) is 11.5. The topological polar surface area (TPSA) is 72.1 Å². The molecule has 0 saturated carbocycles. The Morgan fingerprint density at radius 2 is 2.05 bits per heavy atom. The van der Waals surface area contributed by atoms with Crippen molar-refractivity contribution in [3.05, 3.63) is 81.2 Å². The molecule has 0 spiro atoms. The van der Waals surface area contributed by atoms with E-state index in [0.29, 0.717) is 55.7 Å². The summed E-state index contributed by atoms with van der Waals surface area (Å²) in [7, 11) is 3.74. The third-order valence-corrected chi connectivity index (χ3v) is 8.17. The number of alkyl halides is 1. The van der Waals surface area contributed by atoms with Crippen LogP contribution in [0, 0.1) is 5.82 Å². The van der Waals surface area contributed by atoms with Gasteiger partial charge in [-0.1, -0.05) is 35.3 Å². The zero-order chi connectivity index (χ0) is 28.1. The molecule has 0 bridgehead atoms. The van der Waals surface area contributed by atoms with E-state index in [0.717, 1.165) is 0 Å². The zero-order valence-corrected chi connectivity index (χ0v) is 23.8. The Bertz CT molecular complexity index is 1730. The highest BCUT2D eigenvalue weighted by molar-refractivity contribution is 7.13. The predicted molar refractivity (Wildman–Crippen MR) is 152 cm³/mol. The number of hydrogen-bond acceptors (Lipinski definition) is 6. The van der Waals surface area contributed by atoms with E-state index in [9.17, 15) is 13.6 Å². The monoisotopic (exact) mass is 601 g/mol. The van der Waals surface area contributed by atoms with E-state index in [1.54, 1.807) is 46.9 Å². The Hall–Kier alpha value is -3.38. The Labute approximate surface area is 242 Å². The lowest BCUT2D eigenvalue weighted by molar-refractivity contribution is -0.118. The summed E-state index contributed by atoms with van der Waals surface area (Å²) in [5, 5.41) is 9.18. The standard InChI is InChI=1S/C27H23Cl2F2N7OS/c1-35(2)11-16-4-3-15(7-21(16)31)18-9-20(28)19-13-37(34-26(19)25(18)29)38(27-32-5-6-40-27)24(39)10-22-23-8-17(30)12-36(23)14-33-22/h3-7,9,13-14,17H,8,10-12H2,1-2H3/t17-/m1/s1. The molecule has 0 radical (unpaired) electrons. The van der Waals surface area contributed by atoms with Gasteiger partial charge >= 0.3 is 0 Å². The quantitative estimate of drug-likeness (QED) is 0.236. The minimum Gasteiger partial charge on any atom is -0.331 e. The third-order valence-electron chi connectivity index (χ3n) is 6.73. The molecule has 1 amide bonds. The first-order chi connectivity index (χ1) is 19.2.